The second-order valence-electron chi connectivity index (χ2n) is 4.98. The van der Waals surface area contributed by atoms with Gasteiger partial charge in [-0.15, -0.1) is 0 Å². The summed E-state index contributed by atoms with van der Waals surface area (Å²) in [6.07, 6.45) is 4.92. The van der Waals surface area contributed by atoms with E-state index in [2.05, 4.69) is 22.1 Å². The summed E-state index contributed by atoms with van der Waals surface area (Å²) >= 11 is 0. The molecule has 0 aliphatic carbocycles. The fraction of sp³-hybridized carbons (Fsp3) is 0.267. The number of nitrogens with two attached hydrogens (primary N) is 1. The predicted octanol–water partition coefficient (Wildman–Crippen LogP) is 1.96. The van der Waals surface area contributed by atoms with Gasteiger partial charge in [0, 0.05) is 24.6 Å². The van der Waals surface area contributed by atoms with E-state index < -0.39 is 0 Å². The van der Waals surface area contributed by atoms with Gasteiger partial charge in [0.05, 0.1) is 0 Å². The van der Waals surface area contributed by atoms with E-state index in [-0.39, 0.29) is 17.4 Å². The van der Waals surface area contributed by atoms with E-state index in [9.17, 15) is 4.79 Å². The molecule has 5 nitrogen and oxygen atoms in total. The van der Waals surface area contributed by atoms with Crippen molar-refractivity contribution in [1.29, 1.82) is 0 Å². The zero-order valence-electron chi connectivity index (χ0n) is 11.3. The monoisotopic (exact) mass is 268 g/mol. The van der Waals surface area contributed by atoms with Gasteiger partial charge in [-0.1, -0.05) is 12.1 Å². The molecule has 0 saturated carbocycles. The maximum Gasteiger partial charge on any atom is 0.280 e. The molecule has 0 unspecified atom stereocenters. The molecule has 2 heterocycles. The number of fused-ring (bicyclic) bond motifs is 1. The molecule has 5 heteroatoms. The quantitative estimate of drug-likeness (QED) is 0.858. The molecule has 2 N–H and O–H groups in total. The summed E-state index contributed by atoms with van der Waals surface area (Å²) in [7, 11) is 0. The smallest absolute Gasteiger partial charge is 0.280 e. The first-order chi connectivity index (χ1) is 9.66. The summed E-state index contributed by atoms with van der Waals surface area (Å²) in [6.45, 7) is 2.71. The zero-order chi connectivity index (χ0) is 14.1. The highest BCUT2D eigenvalue weighted by molar-refractivity contribution is 6.08. The van der Waals surface area contributed by atoms with Gasteiger partial charge >= 0.3 is 0 Å². The summed E-state index contributed by atoms with van der Waals surface area (Å²) in [5.41, 5.74) is 9.27. The van der Waals surface area contributed by atoms with Crippen molar-refractivity contribution >= 4 is 17.4 Å². The van der Waals surface area contributed by atoms with Crippen LogP contribution in [0.3, 0.4) is 0 Å². The van der Waals surface area contributed by atoms with Crippen molar-refractivity contribution in [1.82, 2.24) is 9.97 Å². The largest absolute Gasteiger partial charge is 0.382 e. The molecule has 0 atom stereocenters. The Bertz CT molecular complexity index is 669. The van der Waals surface area contributed by atoms with Crippen molar-refractivity contribution in [3.8, 4) is 0 Å². The van der Waals surface area contributed by atoms with Crippen molar-refractivity contribution in [2.45, 2.75) is 19.8 Å². The highest BCUT2D eigenvalue weighted by atomic mass is 16.2. The molecule has 102 valence electrons. The van der Waals surface area contributed by atoms with Crippen molar-refractivity contribution in [2.24, 2.45) is 0 Å². The average Bonchev–Trinajstić information content (AvgIpc) is 2.46. The lowest BCUT2D eigenvalue weighted by Crippen LogP contribution is -2.36. The van der Waals surface area contributed by atoms with Crippen LogP contribution in [-0.4, -0.2) is 22.4 Å². The molecule has 0 radical (unpaired) electrons. The van der Waals surface area contributed by atoms with Crippen LogP contribution in [-0.2, 0) is 6.42 Å². The summed E-state index contributed by atoms with van der Waals surface area (Å²) in [5, 5.41) is 0. The van der Waals surface area contributed by atoms with Gasteiger partial charge in [0.25, 0.3) is 5.91 Å². The standard InChI is InChI=1S/C15H16N4O/c1-10-4-5-11-3-2-8-19(12(11)9-10)15(20)13-14(16)18-7-6-17-13/h4-7,9H,2-3,8H2,1H3,(H2,16,18). The number of amides is 1. The van der Waals surface area contributed by atoms with Crippen molar-refractivity contribution in [2.75, 3.05) is 17.2 Å². The number of nitrogen functional groups attached to an aromatic ring is 1. The molecular formula is C15H16N4O. The number of carbonyl (C=O) groups is 1. The van der Waals surface area contributed by atoms with Crippen LogP contribution >= 0.6 is 0 Å². The van der Waals surface area contributed by atoms with E-state index in [1.165, 1.54) is 18.0 Å². The SMILES string of the molecule is Cc1ccc2c(c1)N(C(=O)c1nccnc1N)CCC2. The Morgan fingerprint density at radius 3 is 2.90 bits per heavy atom. The van der Waals surface area contributed by atoms with E-state index in [1.807, 2.05) is 13.0 Å². The van der Waals surface area contributed by atoms with Gasteiger partial charge in [0.15, 0.2) is 11.5 Å². The highest BCUT2D eigenvalue weighted by Gasteiger charge is 2.26. The Kier molecular flexibility index (Phi) is 3.10. The van der Waals surface area contributed by atoms with Crippen LogP contribution in [0.1, 0.15) is 28.0 Å². The lowest BCUT2D eigenvalue weighted by atomic mass is 9.99. The van der Waals surface area contributed by atoms with Gasteiger partial charge in [0.1, 0.15) is 0 Å². The number of aryl methyl sites for hydroxylation is 2. The van der Waals surface area contributed by atoms with Gasteiger partial charge in [-0.3, -0.25) is 4.79 Å². The van der Waals surface area contributed by atoms with Crippen LogP contribution in [0.5, 0.6) is 0 Å². The number of hydrogen-bond acceptors (Lipinski definition) is 4. The zero-order valence-corrected chi connectivity index (χ0v) is 11.3. The normalized spacial score (nSPS) is 13.9. The molecule has 1 aliphatic heterocycles. The number of nitrogens with zero attached hydrogens (tertiary/aromatic N) is 3. The number of hydrogen-bond donors (Lipinski definition) is 1. The van der Waals surface area contributed by atoms with E-state index >= 15 is 0 Å². The van der Waals surface area contributed by atoms with Crippen LogP contribution in [0, 0.1) is 6.92 Å². The molecule has 1 aliphatic rings. The number of rotatable bonds is 1. The van der Waals surface area contributed by atoms with Crippen molar-refractivity contribution < 1.29 is 4.79 Å². The third-order valence-electron chi connectivity index (χ3n) is 3.53. The molecule has 0 spiro atoms. The second-order valence-corrected chi connectivity index (χ2v) is 4.98. The molecule has 0 fully saturated rings. The van der Waals surface area contributed by atoms with Crippen LogP contribution < -0.4 is 10.6 Å². The molecule has 0 bridgehead atoms. The molecule has 1 amide bonds. The molecule has 2 aromatic rings. The lowest BCUT2D eigenvalue weighted by Gasteiger charge is -2.29. The average molecular weight is 268 g/mol. The first-order valence-electron chi connectivity index (χ1n) is 6.64. The highest BCUT2D eigenvalue weighted by Crippen LogP contribution is 2.29. The number of carbonyl (C=O) groups excluding carboxylic acids is 1. The van der Waals surface area contributed by atoms with Gasteiger partial charge in [-0.25, -0.2) is 9.97 Å². The van der Waals surface area contributed by atoms with Gasteiger partial charge < -0.3 is 10.6 Å². The summed E-state index contributed by atoms with van der Waals surface area (Å²) in [5.74, 6) is -0.000531. The van der Waals surface area contributed by atoms with Crippen molar-refractivity contribution in [3.63, 3.8) is 0 Å². The Morgan fingerprint density at radius 1 is 1.30 bits per heavy atom. The van der Waals surface area contributed by atoms with Gasteiger partial charge in [-0.05, 0) is 37.0 Å². The molecule has 1 aromatic carbocycles. The summed E-state index contributed by atoms with van der Waals surface area (Å²) in [4.78, 5) is 22.4. The summed E-state index contributed by atoms with van der Waals surface area (Å²) in [6, 6.07) is 6.20. The first kappa shape index (κ1) is 12.6. The van der Waals surface area contributed by atoms with E-state index in [0.717, 1.165) is 24.1 Å². The first-order valence-corrected chi connectivity index (χ1v) is 6.64. The Hall–Kier alpha value is -2.43. The fourth-order valence-corrected chi connectivity index (χ4v) is 2.54. The minimum Gasteiger partial charge on any atom is -0.382 e. The van der Waals surface area contributed by atoms with Crippen molar-refractivity contribution in [3.05, 3.63) is 47.4 Å². The van der Waals surface area contributed by atoms with E-state index in [0.29, 0.717) is 6.54 Å². The van der Waals surface area contributed by atoms with Crippen LogP contribution in [0.25, 0.3) is 0 Å². The second kappa shape index (κ2) is 4.92. The van der Waals surface area contributed by atoms with E-state index in [1.54, 1.807) is 4.90 Å². The minimum absolute atomic E-state index is 0.178. The van der Waals surface area contributed by atoms with Gasteiger partial charge in [-0.2, -0.15) is 0 Å². The lowest BCUT2D eigenvalue weighted by molar-refractivity contribution is 0.0981. The van der Waals surface area contributed by atoms with Crippen LogP contribution in [0.15, 0.2) is 30.6 Å². The topological polar surface area (TPSA) is 72.1 Å². The number of benzene rings is 1. The molecule has 20 heavy (non-hydrogen) atoms. The molecular weight excluding hydrogens is 252 g/mol. The van der Waals surface area contributed by atoms with Crippen LogP contribution in [0.2, 0.25) is 0 Å². The molecule has 3 rings (SSSR count). The Balaban J connectivity index is 2.03. The molecule has 1 aromatic heterocycles. The van der Waals surface area contributed by atoms with Crippen LogP contribution in [0.4, 0.5) is 11.5 Å². The summed E-state index contributed by atoms with van der Waals surface area (Å²) < 4.78 is 0. The Labute approximate surface area is 117 Å². The third kappa shape index (κ3) is 2.11. The maximum absolute atomic E-state index is 12.6. The number of anilines is 2. The minimum atomic E-state index is -0.179. The maximum atomic E-state index is 12.6. The fourth-order valence-electron chi connectivity index (χ4n) is 2.54. The molecule has 0 saturated heterocycles. The third-order valence-corrected chi connectivity index (χ3v) is 3.53. The number of aromatic nitrogens is 2. The van der Waals surface area contributed by atoms with E-state index in [4.69, 9.17) is 5.73 Å². The Morgan fingerprint density at radius 2 is 2.10 bits per heavy atom. The van der Waals surface area contributed by atoms with Gasteiger partial charge in [0.2, 0.25) is 0 Å². The predicted molar refractivity (Wildman–Crippen MR) is 77.6 cm³/mol.